The summed E-state index contributed by atoms with van der Waals surface area (Å²) in [5.41, 5.74) is 0.647. The average Bonchev–Trinajstić information content (AvgIpc) is 2.75. The zero-order valence-corrected chi connectivity index (χ0v) is 17.6. The Bertz CT molecular complexity index is 919. The Kier molecular flexibility index (Phi) is 6.89. The van der Waals surface area contributed by atoms with E-state index in [0.29, 0.717) is 50.6 Å². The summed E-state index contributed by atoms with van der Waals surface area (Å²) in [5.74, 6) is 1.41. The standard InChI is InChI=1S/C21H26N2O5S/c1-3-28-19-6-4-17(5-7-19)21(24)16-22-12-14-23(15-13-22)29(25,26)20-10-8-18(27-2)9-11-20/h4-11H,3,12-16H2,1-2H3/p+1. The average molecular weight is 420 g/mol. The Hall–Kier alpha value is -2.42. The highest BCUT2D eigenvalue weighted by Crippen LogP contribution is 2.19. The van der Waals surface area contributed by atoms with Crippen molar-refractivity contribution in [1.29, 1.82) is 0 Å². The number of carbonyl (C=O) groups is 1. The molecule has 8 heteroatoms. The number of ketones is 1. The molecule has 0 unspecified atom stereocenters. The van der Waals surface area contributed by atoms with Gasteiger partial charge in [-0.05, 0) is 55.5 Å². The summed E-state index contributed by atoms with van der Waals surface area (Å²) in [6.07, 6.45) is 0. The van der Waals surface area contributed by atoms with E-state index in [9.17, 15) is 13.2 Å². The normalized spacial score (nSPS) is 15.8. The van der Waals surface area contributed by atoms with Crippen molar-refractivity contribution in [1.82, 2.24) is 4.31 Å². The Balaban J connectivity index is 1.56. The van der Waals surface area contributed by atoms with Gasteiger partial charge in [-0.1, -0.05) is 0 Å². The molecule has 3 rings (SSSR count). The molecule has 0 aliphatic carbocycles. The number of piperazine rings is 1. The fourth-order valence-electron chi connectivity index (χ4n) is 3.35. The summed E-state index contributed by atoms with van der Waals surface area (Å²) in [6, 6.07) is 13.5. The van der Waals surface area contributed by atoms with Crippen LogP contribution in [0.15, 0.2) is 53.4 Å². The molecule has 0 saturated carbocycles. The van der Waals surface area contributed by atoms with E-state index in [-0.39, 0.29) is 10.7 Å². The third-order valence-corrected chi connectivity index (χ3v) is 6.94. The summed E-state index contributed by atoms with van der Waals surface area (Å²) < 4.78 is 37.6. The zero-order chi connectivity index (χ0) is 20.9. The van der Waals surface area contributed by atoms with Gasteiger partial charge in [-0.15, -0.1) is 0 Å². The van der Waals surface area contributed by atoms with Crippen LogP contribution in [0.3, 0.4) is 0 Å². The molecule has 7 nitrogen and oxygen atoms in total. The lowest BCUT2D eigenvalue weighted by atomic mass is 10.1. The van der Waals surface area contributed by atoms with E-state index in [1.165, 1.54) is 4.31 Å². The number of nitrogens with zero attached hydrogens (tertiary/aromatic N) is 1. The van der Waals surface area contributed by atoms with Crippen LogP contribution in [0, 0.1) is 0 Å². The Morgan fingerprint density at radius 1 is 1.00 bits per heavy atom. The van der Waals surface area contributed by atoms with E-state index in [0.717, 1.165) is 10.6 Å². The fraction of sp³-hybridized carbons (Fsp3) is 0.381. The van der Waals surface area contributed by atoms with E-state index in [1.807, 2.05) is 6.92 Å². The number of sulfonamides is 1. The molecule has 1 fully saturated rings. The first kappa shape index (κ1) is 21.3. The summed E-state index contributed by atoms with van der Waals surface area (Å²) >= 11 is 0. The van der Waals surface area contributed by atoms with Gasteiger partial charge in [0, 0.05) is 5.56 Å². The summed E-state index contributed by atoms with van der Waals surface area (Å²) in [7, 11) is -1.99. The second kappa shape index (κ2) is 9.39. The molecule has 1 saturated heterocycles. The molecule has 0 bridgehead atoms. The predicted octanol–water partition coefficient (Wildman–Crippen LogP) is 0.866. The van der Waals surface area contributed by atoms with E-state index in [1.54, 1.807) is 55.6 Å². The number of nitrogens with one attached hydrogen (secondary N) is 1. The van der Waals surface area contributed by atoms with Gasteiger partial charge in [-0.2, -0.15) is 4.31 Å². The van der Waals surface area contributed by atoms with Crippen molar-refractivity contribution in [3.05, 3.63) is 54.1 Å². The van der Waals surface area contributed by atoms with Crippen molar-refractivity contribution in [3.8, 4) is 11.5 Å². The highest BCUT2D eigenvalue weighted by atomic mass is 32.2. The maximum absolute atomic E-state index is 12.8. The molecule has 0 radical (unpaired) electrons. The number of ether oxygens (including phenoxy) is 2. The molecule has 2 aromatic carbocycles. The van der Waals surface area contributed by atoms with E-state index in [2.05, 4.69) is 0 Å². The second-order valence-electron chi connectivity index (χ2n) is 6.89. The number of hydrogen-bond donors (Lipinski definition) is 1. The maximum Gasteiger partial charge on any atom is 0.243 e. The van der Waals surface area contributed by atoms with Crippen LogP contribution >= 0.6 is 0 Å². The predicted molar refractivity (Wildman–Crippen MR) is 109 cm³/mol. The Morgan fingerprint density at radius 2 is 1.59 bits per heavy atom. The number of rotatable bonds is 8. The third-order valence-electron chi connectivity index (χ3n) is 5.02. The van der Waals surface area contributed by atoms with Crippen molar-refractivity contribution in [2.75, 3.05) is 46.4 Å². The van der Waals surface area contributed by atoms with Gasteiger partial charge in [-0.25, -0.2) is 8.42 Å². The van der Waals surface area contributed by atoms with Gasteiger partial charge in [0.15, 0.2) is 0 Å². The van der Waals surface area contributed by atoms with Gasteiger partial charge in [0.05, 0.1) is 44.8 Å². The van der Waals surface area contributed by atoms with Crippen LogP contribution in [0.4, 0.5) is 0 Å². The minimum absolute atomic E-state index is 0.0505. The Morgan fingerprint density at radius 3 is 2.14 bits per heavy atom. The fourth-order valence-corrected chi connectivity index (χ4v) is 4.79. The number of methoxy groups -OCH3 is 1. The van der Waals surface area contributed by atoms with Gasteiger partial charge in [0.25, 0.3) is 0 Å². The second-order valence-corrected chi connectivity index (χ2v) is 8.82. The topological polar surface area (TPSA) is 77.4 Å². The smallest absolute Gasteiger partial charge is 0.243 e. The van der Waals surface area contributed by atoms with Crippen LogP contribution in [0.5, 0.6) is 11.5 Å². The van der Waals surface area contributed by atoms with Crippen molar-refractivity contribution in [3.63, 3.8) is 0 Å². The molecule has 2 aromatic rings. The minimum atomic E-state index is -3.54. The van der Waals surface area contributed by atoms with E-state index in [4.69, 9.17) is 9.47 Å². The molecular formula is C21H27N2O5S+. The molecule has 0 atom stereocenters. The van der Waals surface area contributed by atoms with Crippen LogP contribution in [0.1, 0.15) is 17.3 Å². The van der Waals surface area contributed by atoms with Crippen LogP contribution in [-0.4, -0.2) is 64.9 Å². The first-order valence-electron chi connectivity index (χ1n) is 9.68. The Labute approximate surface area is 171 Å². The molecule has 1 aliphatic heterocycles. The number of quaternary nitrogens is 1. The lowest BCUT2D eigenvalue weighted by Crippen LogP contribution is -3.15. The van der Waals surface area contributed by atoms with E-state index < -0.39 is 10.0 Å². The molecule has 29 heavy (non-hydrogen) atoms. The highest BCUT2D eigenvalue weighted by Gasteiger charge is 2.31. The highest BCUT2D eigenvalue weighted by molar-refractivity contribution is 7.89. The lowest BCUT2D eigenvalue weighted by Gasteiger charge is -2.31. The van der Waals surface area contributed by atoms with Gasteiger partial charge < -0.3 is 14.4 Å². The van der Waals surface area contributed by atoms with Crippen LogP contribution in [0.2, 0.25) is 0 Å². The summed E-state index contributed by atoms with van der Waals surface area (Å²) in [6.45, 7) is 4.82. The SMILES string of the molecule is CCOc1ccc(C(=O)C[NH+]2CCN(S(=O)(=O)c3ccc(OC)cc3)CC2)cc1. The maximum atomic E-state index is 12.8. The van der Waals surface area contributed by atoms with E-state index >= 15 is 0 Å². The van der Waals surface area contributed by atoms with Gasteiger partial charge in [0.1, 0.15) is 18.0 Å². The number of Topliss-reactive ketones (excluding diaryl/α,β-unsaturated/α-hetero) is 1. The summed E-state index contributed by atoms with van der Waals surface area (Å²) in [4.78, 5) is 13.9. The van der Waals surface area contributed by atoms with Gasteiger partial charge in [0.2, 0.25) is 15.8 Å². The molecular weight excluding hydrogens is 392 g/mol. The van der Waals surface area contributed by atoms with Crippen LogP contribution < -0.4 is 14.4 Å². The molecule has 156 valence electrons. The molecule has 0 aromatic heterocycles. The monoisotopic (exact) mass is 419 g/mol. The van der Waals surface area contributed by atoms with Crippen molar-refractivity contribution >= 4 is 15.8 Å². The lowest BCUT2D eigenvalue weighted by molar-refractivity contribution is -0.895. The van der Waals surface area contributed by atoms with Gasteiger partial charge in [-0.3, -0.25) is 4.79 Å². The molecule has 1 heterocycles. The number of hydrogen-bond acceptors (Lipinski definition) is 5. The first-order valence-corrected chi connectivity index (χ1v) is 11.1. The summed E-state index contributed by atoms with van der Waals surface area (Å²) in [5, 5.41) is 0. The molecule has 1 N–H and O–H groups in total. The molecule has 1 aliphatic rings. The third kappa shape index (κ3) is 5.14. The quantitative estimate of drug-likeness (QED) is 0.643. The van der Waals surface area contributed by atoms with Crippen molar-refractivity contribution in [2.24, 2.45) is 0 Å². The molecule has 0 spiro atoms. The first-order chi connectivity index (χ1) is 13.9. The largest absolute Gasteiger partial charge is 0.497 e. The van der Waals surface area contributed by atoms with Crippen molar-refractivity contribution < 1.29 is 27.6 Å². The number of benzene rings is 2. The van der Waals surface area contributed by atoms with Gasteiger partial charge >= 0.3 is 0 Å². The van der Waals surface area contributed by atoms with Crippen LogP contribution in [-0.2, 0) is 10.0 Å². The van der Waals surface area contributed by atoms with Crippen LogP contribution in [0.25, 0.3) is 0 Å². The number of carbonyl (C=O) groups excluding carboxylic acids is 1. The minimum Gasteiger partial charge on any atom is -0.497 e. The van der Waals surface area contributed by atoms with Crippen molar-refractivity contribution in [2.45, 2.75) is 11.8 Å². The molecule has 0 amide bonds. The zero-order valence-electron chi connectivity index (χ0n) is 16.8.